The molecule has 4 N–H and O–H groups in total. The first-order valence-corrected chi connectivity index (χ1v) is 10.8. The molecule has 0 saturated carbocycles. The smallest absolute Gasteiger partial charge is 0.115 e. The molecular formula is C27H34N2O. The highest BCUT2D eigenvalue weighted by atomic mass is 16.3. The van der Waals surface area contributed by atoms with Gasteiger partial charge < -0.3 is 16.2 Å². The van der Waals surface area contributed by atoms with E-state index in [-0.39, 0.29) is 6.04 Å². The molecule has 0 amide bonds. The number of rotatable bonds is 7. The second kappa shape index (κ2) is 9.25. The van der Waals surface area contributed by atoms with Crippen molar-refractivity contribution in [3.8, 4) is 5.75 Å². The molecule has 0 bridgehead atoms. The van der Waals surface area contributed by atoms with Crippen molar-refractivity contribution in [3.63, 3.8) is 0 Å². The van der Waals surface area contributed by atoms with Crippen LogP contribution < -0.4 is 11.1 Å². The number of hydrogen-bond donors (Lipinski definition) is 3. The minimum absolute atomic E-state index is 0.223. The first kappa shape index (κ1) is 21.8. The molecule has 3 rings (SSSR count). The van der Waals surface area contributed by atoms with Crippen LogP contribution in [0.1, 0.15) is 64.8 Å². The van der Waals surface area contributed by atoms with E-state index in [1.54, 1.807) is 12.1 Å². The van der Waals surface area contributed by atoms with Gasteiger partial charge in [0.05, 0.1) is 6.04 Å². The molecule has 1 unspecified atom stereocenters. The van der Waals surface area contributed by atoms with Crippen molar-refractivity contribution in [2.24, 2.45) is 0 Å². The molecule has 0 aromatic heterocycles. The Morgan fingerprint density at radius 3 is 1.83 bits per heavy atom. The maximum Gasteiger partial charge on any atom is 0.115 e. The average molecular weight is 403 g/mol. The second-order valence-electron chi connectivity index (χ2n) is 8.50. The van der Waals surface area contributed by atoms with Gasteiger partial charge in [0.1, 0.15) is 5.75 Å². The first-order valence-electron chi connectivity index (χ1n) is 10.8. The number of aryl methyl sites for hydroxylation is 4. The monoisotopic (exact) mass is 402 g/mol. The highest BCUT2D eigenvalue weighted by molar-refractivity contribution is 5.60. The summed E-state index contributed by atoms with van der Waals surface area (Å²) in [6.07, 6.45) is 3.03. The lowest BCUT2D eigenvalue weighted by Crippen LogP contribution is -2.12. The van der Waals surface area contributed by atoms with Gasteiger partial charge in [-0.05, 0) is 91.6 Å². The number of phenolic OH excluding ortho intramolecular Hbond substituents is 1. The van der Waals surface area contributed by atoms with E-state index in [0.29, 0.717) is 5.75 Å². The molecule has 158 valence electrons. The van der Waals surface area contributed by atoms with Gasteiger partial charge in [0.15, 0.2) is 0 Å². The van der Waals surface area contributed by atoms with E-state index in [2.05, 4.69) is 64.2 Å². The van der Waals surface area contributed by atoms with Crippen LogP contribution in [0.4, 0.5) is 11.4 Å². The van der Waals surface area contributed by atoms with Crippen molar-refractivity contribution in [3.05, 3.63) is 87.5 Å². The molecule has 0 heterocycles. The molecule has 0 radical (unpaired) electrons. The average Bonchev–Trinajstić information content (AvgIpc) is 2.68. The van der Waals surface area contributed by atoms with E-state index in [9.17, 15) is 5.11 Å². The Bertz CT molecular complexity index is 976. The zero-order valence-corrected chi connectivity index (χ0v) is 18.8. The fourth-order valence-corrected chi connectivity index (χ4v) is 4.28. The molecule has 0 aliphatic carbocycles. The molecule has 3 heteroatoms. The lowest BCUT2D eigenvalue weighted by molar-refractivity contribution is 0.475. The third-order valence-electron chi connectivity index (χ3n) is 5.85. The summed E-state index contributed by atoms with van der Waals surface area (Å²) in [7, 11) is 0. The van der Waals surface area contributed by atoms with Crippen LogP contribution in [0.25, 0.3) is 0 Å². The van der Waals surface area contributed by atoms with Gasteiger partial charge in [0.2, 0.25) is 0 Å². The number of benzene rings is 3. The van der Waals surface area contributed by atoms with Crippen molar-refractivity contribution < 1.29 is 5.11 Å². The highest BCUT2D eigenvalue weighted by Crippen LogP contribution is 2.31. The van der Waals surface area contributed by atoms with Crippen molar-refractivity contribution in [2.45, 2.75) is 59.9 Å². The molecule has 0 saturated heterocycles. The van der Waals surface area contributed by atoms with Crippen molar-refractivity contribution >= 4 is 11.4 Å². The van der Waals surface area contributed by atoms with Crippen LogP contribution in [0, 0.1) is 27.7 Å². The summed E-state index contributed by atoms with van der Waals surface area (Å²) in [6, 6.07) is 16.7. The Morgan fingerprint density at radius 2 is 1.33 bits per heavy atom. The van der Waals surface area contributed by atoms with Gasteiger partial charge in [0.25, 0.3) is 0 Å². The Morgan fingerprint density at radius 1 is 0.833 bits per heavy atom. The van der Waals surface area contributed by atoms with E-state index < -0.39 is 0 Å². The number of anilines is 2. The van der Waals surface area contributed by atoms with E-state index in [0.717, 1.165) is 36.1 Å². The van der Waals surface area contributed by atoms with Crippen LogP contribution in [0.15, 0.2) is 48.5 Å². The Kier molecular flexibility index (Phi) is 6.71. The normalized spacial score (nSPS) is 12.0. The molecule has 0 aliphatic heterocycles. The summed E-state index contributed by atoms with van der Waals surface area (Å²) in [4.78, 5) is 0. The van der Waals surface area contributed by atoms with Crippen LogP contribution >= 0.6 is 0 Å². The topological polar surface area (TPSA) is 58.3 Å². The minimum Gasteiger partial charge on any atom is -0.508 e. The summed E-state index contributed by atoms with van der Waals surface area (Å²) < 4.78 is 0. The van der Waals surface area contributed by atoms with Gasteiger partial charge in [0, 0.05) is 11.4 Å². The molecule has 0 spiro atoms. The first-order chi connectivity index (χ1) is 14.3. The van der Waals surface area contributed by atoms with Gasteiger partial charge in [-0.3, -0.25) is 0 Å². The van der Waals surface area contributed by atoms with E-state index in [4.69, 9.17) is 5.73 Å². The van der Waals surface area contributed by atoms with Gasteiger partial charge in [-0.15, -0.1) is 0 Å². The predicted octanol–water partition coefficient (Wildman–Crippen LogP) is 6.75. The van der Waals surface area contributed by atoms with Gasteiger partial charge in [-0.25, -0.2) is 0 Å². The molecule has 0 fully saturated rings. The standard InChI is InChI=1S/C27H34N2O/c1-6-7-25(23-8-10-24(30)11-9-23)29-27-19(4)14-22(15-20(27)5)16-21-12-17(2)26(28)18(3)13-21/h8-15,25,29-30H,6-7,16,28H2,1-5H3. The second-order valence-corrected chi connectivity index (χ2v) is 8.50. The Hall–Kier alpha value is -2.94. The van der Waals surface area contributed by atoms with Crippen LogP contribution in [-0.4, -0.2) is 5.11 Å². The third kappa shape index (κ3) is 4.96. The molecule has 3 aromatic rings. The summed E-state index contributed by atoms with van der Waals surface area (Å²) in [5.74, 6) is 0.304. The van der Waals surface area contributed by atoms with E-state index >= 15 is 0 Å². The Balaban J connectivity index is 1.85. The van der Waals surface area contributed by atoms with Crippen LogP contribution in [-0.2, 0) is 6.42 Å². The fourth-order valence-electron chi connectivity index (χ4n) is 4.28. The van der Waals surface area contributed by atoms with Crippen molar-refractivity contribution in [2.75, 3.05) is 11.1 Å². The fraction of sp³-hybridized carbons (Fsp3) is 0.333. The molecule has 0 aliphatic rings. The van der Waals surface area contributed by atoms with E-state index in [1.165, 1.54) is 33.5 Å². The summed E-state index contributed by atoms with van der Waals surface area (Å²) in [6.45, 7) is 10.7. The quantitative estimate of drug-likeness (QED) is 0.383. The summed E-state index contributed by atoms with van der Waals surface area (Å²) >= 11 is 0. The zero-order chi connectivity index (χ0) is 21.8. The predicted molar refractivity (Wildman–Crippen MR) is 128 cm³/mol. The number of phenols is 1. The maximum atomic E-state index is 9.62. The van der Waals surface area contributed by atoms with Crippen molar-refractivity contribution in [1.29, 1.82) is 0 Å². The SMILES string of the molecule is CCCC(Nc1c(C)cc(Cc2cc(C)c(N)c(C)c2)cc1C)c1ccc(O)cc1. The number of hydrogen-bond acceptors (Lipinski definition) is 3. The number of nitrogen functional groups attached to an aromatic ring is 1. The largest absolute Gasteiger partial charge is 0.508 e. The van der Waals surface area contributed by atoms with Crippen LogP contribution in [0.5, 0.6) is 5.75 Å². The summed E-state index contributed by atoms with van der Waals surface area (Å²) in [5, 5.41) is 13.4. The van der Waals surface area contributed by atoms with Gasteiger partial charge in [-0.1, -0.05) is 49.7 Å². The molecular weight excluding hydrogens is 368 g/mol. The molecule has 30 heavy (non-hydrogen) atoms. The lowest BCUT2D eigenvalue weighted by atomic mass is 9.95. The molecule has 3 nitrogen and oxygen atoms in total. The highest BCUT2D eigenvalue weighted by Gasteiger charge is 2.14. The molecule has 1 atom stereocenters. The van der Waals surface area contributed by atoms with Gasteiger partial charge >= 0.3 is 0 Å². The Labute approximate surface area is 181 Å². The van der Waals surface area contributed by atoms with Gasteiger partial charge in [-0.2, -0.15) is 0 Å². The van der Waals surface area contributed by atoms with Crippen molar-refractivity contribution in [1.82, 2.24) is 0 Å². The van der Waals surface area contributed by atoms with Crippen LogP contribution in [0.2, 0.25) is 0 Å². The van der Waals surface area contributed by atoms with E-state index in [1.807, 2.05) is 12.1 Å². The zero-order valence-electron chi connectivity index (χ0n) is 18.8. The number of nitrogens with one attached hydrogen (secondary N) is 1. The minimum atomic E-state index is 0.223. The molecule has 3 aromatic carbocycles. The van der Waals surface area contributed by atoms with Crippen LogP contribution in [0.3, 0.4) is 0 Å². The lowest BCUT2D eigenvalue weighted by Gasteiger charge is -2.23. The number of aromatic hydroxyl groups is 1. The summed E-state index contributed by atoms with van der Waals surface area (Å²) in [5.41, 5.74) is 16.8. The third-order valence-corrected chi connectivity index (χ3v) is 5.85. The maximum absolute atomic E-state index is 9.62. The number of nitrogens with two attached hydrogens (primary N) is 1.